The van der Waals surface area contributed by atoms with Crippen LogP contribution in [0, 0.1) is 17.8 Å². The molecule has 2 fully saturated rings. The summed E-state index contributed by atoms with van der Waals surface area (Å²) in [6.07, 6.45) is 4.61. The van der Waals surface area contributed by atoms with Gasteiger partial charge in [0, 0.05) is 0 Å². The first-order valence-corrected chi connectivity index (χ1v) is 8.39. The van der Waals surface area contributed by atoms with Gasteiger partial charge in [-0.1, -0.05) is 0 Å². The van der Waals surface area contributed by atoms with E-state index in [1.165, 1.54) is 28.7 Å². The molecule has 2 aliphatic carbocycles. The molecule has 0 bridgehead atoms. The van der Waals surface area contributed by atoms with Crippen LogP contribution < -0.4 is 26.5 Å². The zero-order valence-corrected chi connectivity index (χ0v) is 10.2. The Labute approximate surface area is 85.9 Å². The van der Waals surface area contributed by atoms with Crippen LogP contribution in [0.25, 0.3) is 0 Å². The van der Waals surface area contributed by atoms with E-state index < -0.39 is 0 Å². The first kappa shape index (κ1) is 9.25. The van der Waals surface area contributed by atoms with Crippen molar-refractivity contribution in [1.82, 2.24) is 5.32 Å². The van der Waals surface area contributed by atoms with E-state index in [1.807, 2.05) is 0 Å². The normalized spacial score (nSPS) is 44.8. The molecule has 2 heteroatoms. The van der Waals surface area contributed by atoms with Crippen LogP contribution in [0.2, 0.25) is 0 Å². The molecule has 0 radical (unpaired) electrons. The Morgan fingerprint density at radius 2 is 2.17 bits per heavy atom. The SMILES string of the molecule is CNCCC1CC2C1C[C@H]2[I-]C. The monoisotopic (exact) mass is 280 g/mol. The van der Waals surface area contributed by atoms with Gasteiger partial charge in [-0.15, -0.1) is 0 Å². The van der Waals surface area contributed by atoms with Crippen LogP contribution >= 0.6 is 0 Å². The number of alkyl halides is 2. The van der Waals surface area contributed by atoms with E-state index in [0.717, 1.165) is 5.92 Å². The van der Waals surface area contributed by atoms with E-state index in [0.29, 0.717) is 21.2 Å². The van der Waals surface area contributed by atoms with Gasteiger partial charge in [-0.05, 0) is 0 Å². The molecule has 2 saturated carbocycles. The van der Waals surface area contributed by atoms with Crippen molar-refractivity contribution in [2.24, 2.45) is 17.8 Å². The number of nitrogens with one attached hydrogen (secondary N) is 1. The van der Waals surface area contributed by atoms with Crippen LogP contribution in [0.3, 0.4) is 0 Å². The van der Waals surface area contributed by atoms with Gasteiger partial charge in [0.25, 0.3) is 0 Å². The van der Waals surface area contributed by atoms with Gasteiger partial charge >= 0.3 is 86.0 Å². The minimum absolute atomic E-state index is 0.567. The average Bonchev–Trinajstić information content (AvgIpc) is 2.07. The third-order valence-electron chi connectivity index (χ3n) is 3.74. The topological polar surface area (TPSA) is 12.0 Å². The fourth-order valence-corrected chi connectivity index (χ4v) is 5.63. The van der Waals surface area contributed by atoms with E-state index in [1.54, 1.807) is 12.8 Å². The molecular formula is C10H19IN-. The van der Waals surface area contributed by atoms with Gasteiger partial charge in [0.05, 0.1) is 0 Å². The molecule has 2 rings (SSSR count). The average molecular weight is 280 g/mol. The molecule has 0 aromatic heterocycles. The predicted octanol–water partition coefficient (Wildman–Crippen LogP) is -1.66. The maximum absolute atomic E-state index is 3.26. The van der Waals surface area contributed by atoms with Gasteiger partial charge in [0.2, 0.25) is 0 Å². The molecular weight excluding hydrogens is 261 g/mol. The Bertz CT molecular complexity index is 158. The van der Waals surface area contributed by atoms with Crippen molar-refractivity contribution < 1.29 is 21.2 Å². The summed E-state index contributed by atoms with van der Waals surface area (Å²) >= 11 is 0.567. The van der Waals surface area contributed by atoms with Gasteiger partial charge in [-0.3, -0.25) is 0 Å². The maximum atomic E-state index is 3.26. The van der Waals surface area contributed by atoms with Gasteiger partial charge in [-0.2, -0.15) is 0 Å². The van der Waals surface area contributed by atoms with Crippen molar-refractivity contribution in [3.63, 3.8) is 0 Å². The number of fused-ring (bicyclic) bond motifs is 1. The van der Waals surface area contributed by atoms with E-state index in [2.05, 4.69) is 17.3 Å². The molecule has 3 unspecified atom stereocenters. The summed E-state index contributed by atoms with van der Waals surface area (Å²) in [4.78, 5) is 2.46. The molecule has 0 spiro atoms. The predicted molar refractivity (Wildman–Crippen MR) is 48.0 cm³/mol. The summed E-state index contributed by atoms with van der Waals surface area (Å²) in [5.41, 5.74) is 0. The zero-order valence-electron chi connectivity index (χ0n) is 8.02. The Morgan fingerprint density at radius 3 is 2.67 bits per heavy atom. The molecule has 1 N–H and O–H groups in total. The van der Waals surface area contributed by atoms with Crippen molar-refractivity contribution in [2.75, 3.05) is 18.5 Å². The second-order valence-electron chi connectivity index (χ2n) is 4.19. The molecule has 0 aliphatic heterocycles. The first-order chi connectivity index (χ1) is 5.86. The van der Waals surface area contributed by atoms with Gasteiger partial charge < -0.3 is 0 Å². The number of rotatable bonds is 4. The van der Waals surface area contributed by atoms with Gasteiger partial charge in [0.15, 0.2) is 0 Å². The van der Waals surface area contributed by atoms with Crippen molar-refractivity contribution in [1.29, 1.82) is 0 Å². The zero-order chi connectivity index (χ0) is 8.55. The fraction of sp³-hybridized carbons (Fsp3) is 1.00. The number of halogens is 1. The van der Waals surface area contributed by atoms with Crippen molar-refractivity contribution >= 4 is 0 Å². The van der Waals surface area contributed by atoms with Crippen LogP contribution in [-0.2, 0) is 0 Å². The quantitative estimate of drug-likeness (QED) is 0.480. The molecule has 4 atom stereocenters. The Hall–Kier alpha value is 0.690. The van der Waals surface area contributed by atoms with Crippen molar-refractivity contribution in [3.8, 4) is 0 Å². The third kappa shape index (κ3) is 1.41. The van der Waals surface area contributed by atoms with Crippen LogP contribution in [0.15, 0.2) is 0 Å². The fourth-order valence-electron chi connectivity index (χ4n) is 2.79. The molecule has 0 aromatic rings. The molecule has 2 aliphatic rings. The van der Waals surface area contributed by atoms with E-state index in [9.17, 15) is 0 Å². The summed E-state index contributed by atoms with van der Waals surface area (Å²) in [5, 5.41) is 3.26. The van der Waals surface area contributed by atoms with Crippen LogP contribution in [0.5, 0.6) is 0 Å². The van der Waals surface area contributed by atoms with Crippen LogP contribution in [-0.4, -0.2) is 22.4 Å². The molecule has 12 heavy (non-hydrogen) atoms. The second kappa shape index (κ2) is 3.82. The molecule has 0 amide bonds. The Kier molecular flexibility index (Phi) is 2.95. The molecule has 0 saturated heterocycles. The second-order valence-corrected chi connectivity index (χ2v) is 7.03. The van der Waals surface area contributed by atoms with Crippen molar-refractivity contribution in [2.45, 2.75) is 23.2 Å². The summed E-state index contributed by atoms with van der Waals surface area (Å²) in [5.74, 6) is 3.47. The number of hydrogen-bond donors (Lipinski definition) is 1. The summed E-state index contributed by atoms with van der Waals surface area (Å²) < 4.78 is 1.22. The van der Waals surface area contributed by atoms with E-state index in [4.69, 9.17) is 0 Å². The first-order valence-electron chi connectivity index (χ1n) is 4.99. The molecule has 72 valence electrons. The standard InChI is InChI=1S/C10H19IN/c1-11-10-6-8-7(3-4-12-2)5-9(8)10/h7-10,12H,3-6H2,1-2H3/q-1/t7?,8?,9?,10-/m1/s1. The minimum atomic E-state index is 0.567. The Morgan fingerprint density at radius 1 is 1.33 bits per heavy atom. The Balaban J connectivity index is 1.68. The van der Waals surface area contributed by atoms with Crippen molar-refractivity contribution in [3.05, 3.63) is 0 Å². The third-order valence-corrected chi connectivity index (χ3v) is 6.77. The van der Waals surface area contributed by atoms with Crippen LogP contribution in [0.1, 0.15) is 19.3 Å². The molecule has 0 aromatic carbocycles. The molecule has 0 heterocycles. The molecule has 1 nitrogen and oxygen atoms in total. The van der Waals surface area contributed by atoms with E-state index in [-0.39, 0.29) is 0 Å². The van der Waals surface area contributed by atoms with Crippen LogP contribution in [0.4, 0.5) is 0 Å². The summed E-state index contributed by atoms with van der Waals surface area (Å²) in [6.45, 7) is 1.24. The van der Waals surface area contributed by atoms with E-state index >= 15 is 0 Å². The summed E-state index contributed by atoms with van der Waals surface area (Å²) in [7, 11) is 2.07. The van der Waals surface area contributed by atoms with Gasteiger partial charge in [-0.25, -0.2) is 0 Å². The summed E-state index contributed by atoms with van der Waals surface area (Å²) in [6, 6.07) is 0. The van der Waals surface area contributed by atoms with Gasteiger partial charge in [0.1, 0.15) is 0 Å². The number of hydrogen-bond acceptors (Lipinski definition) is 1.